The fourth-order valence-corrected chi connectivity index (χ4v) is 3.46. The van der Waals surface area contributed by atoms with E-state index in [4.69, 9.17) is 11.6 Å². The van der Waals surface area contributed by atoms with Crippen molar-refractivity contribution in [2.75, 3.05) is 4.90 Å². The molecule has 4 rings (SSSR count). The molecule has 126 valence electrons. The third-order valence-corrected chi connectivity index (χ3v) is 4.82. The van der Waals surface area contributed by atoms with E-state index in [-0.39, 0.29) is 18.0 Å². The summed E-state index contributed by atoms with van der Waals surface area (Å²) in [5.74, 6) is 0.484. The van der Waals surface area contributed by atoms with Gasteiger partial charge in [-0.2, -0.15) is 10.1 Å². The quantitative estimate of drug-likeness (QED) is 0.701. The zero-order valence-electron chi connectivity index (χ0n) is 13.7. The molecule has 0 radical (unpaired) electrons. The van der Waals surface area contributed by atoms with Gasteiger partial charge in [0.05, 0.1) is 6.04 Å². The summed E-state index contributed by atoms with van der Waals surface area (Å²) in [6.45, 7) is 2.04. The molecule has 0 spiro atoms. The molecule has 0 saturated heterocycles. The van der Waals surface area contributed by atoms with Crippen LogP contribution in [0, 0.1) is 0 Å². The predicted molar refractivity (Wildman–Crippen MR) is 96.9 cm³/mol. The van der Waals surface area contributed by atoms with Crippen LogP contribution >= 0.6 is 11.6 Å². The molecular formula is C19H17ClN4O. The lowest BCUT2D eigenvalue weighted by Crippen LogP contribution is -2.46. The smallest absolute Gasteiger partial charge is 0.260 e. The number of benzene rings is 2. The summed E-state index contributed by atoms with van der Waals surface area (Å²) >= 11 is 5.93. The van der Waals surface area contributed by atoms with Gasteiger partial charge in [0.15, 0.2) is 0 Å². The molecule has 1 amide bonds. The molecule has 1 aromatic heterocycles. The molecule has 2 atom stereocenters. The summed E-state index contributed by atoms with van der Waals surface area (Å²) in [6.07, 6.45) is 2.28. The topological polar surface area (TPSA) is 51.0 Å². The molecule has 5 nitrogen and oxygen atoms in total. The molecule has 25 heavy (non-hydrogen) atoms. The number of anilines is 1. The maximum Gasteiger partial charge on any atom is 0.260 e. The van der Waals surface area contributed by atoms with E-state index in [2.05, 4.69) is 22.2 Å². The van der Waals surface area contributed by atoms with Crippen LogP contribution in [0.15, 0.2) is 60.9 Å². The molecule has 3 aromatic rings. The highest BCUT2D eigenvalue weighted by Gasteiger charge is 2.36. The Morgan fingerprint density at radius 2 is 1.84 bits per heavy atom. The summed E-state index contributed by atoms with van der Waals surface area (Å²) in [6, 6.07) is 17.2. The van der Waals surface area contributed by atoms with Crippen molar-refractivity contribution in [3.63, 3.8) is 0 Å². The van der Waals surface area contributed by atoms with Gasteiger partial charge >= 0.3 is 0 Å². The Kier molecular flexibility index (Phi) is 4.01. The second-order valence-electron chi connectivity index (χ2n) is 6.20. The Balaban J connectivity index is 1.73. The van der Waals surface area contributed by atoms with Crippen molar-refractivity contribution < 1.29 is 4.79 Å². The Labute approximate surface area is 150 Å². The summed E-state index contributed by atoms with van der Waals surface area (Å²) in [5, 5.41) is 4.99. The fraction of sp³-hybridized carbons (Fsp3) is 0.211. The Bertz CT molecular complexity index is 891. The largest absolute Gasteiger partial charge is 0.274 e. The highest BCUT2D eigenvalue weighted by molar-refractivity contribution is 6.30. The highest BCUT2D eigenvalue weighted by atomic mass is 35.5. The molecule has 0 N–H and O–H groups in total. The molecule has 0 aliphatic carbocycles. The number of amides is 1. The van der Waals surface area contributed by atoms with E-state index >= 15 is 0 Å². The minimum Gasteiger partial charge on any atom is -0.274 e. The first-order chi connectivity index (χ1) is 12.1. The van der Waals surface area contributed by atoms with E-state index in [0.29, 0.717) is 16.5 Å². The van der Waals surface area contributed by atoms with Crippen molar-refractivity contribution in [2.45, 2.75) is 25.4 Å². The number of carbonyl (C=O) groups is 1. The number of hydrogen-bond donors (Lipinski definition) is 0. The molecule has 6 heteroatoms. The molecule has 0 unspecified atom stereocenters. The van der Waals surface area contributed by atoms with Crippen LogP contribution in [0.1, 0.15) is 35.3 Å². The number of carbonyl (C=O) groups excluding carboxylic acids is 1. The Morgan fingerprint density at radius 1 is 1.12 bits per heavy atom. The number of fused-ring (bicyclic) bond motifs is 1. The van der Waals surface area contributed by atoms with Gasteiger partial charge in [-0.3, -0.25) is 9.69 Å². The van der Waals surface area contributed by atoms with E-state index in [9.17, 15) is 4.79 Å². The van der Waals surface area contributed by atoms with Crippen LogP contribution in [-0.2, 0) is 0 Å². The number of nitrogens with zero attached hydrogens (tertiary/aromatic N) is 4. The summed E-state index contributed by atoms with van der Waals surface area (Å²) in [7, 11) is 0. The van der Waals surface area contributed by atoms with E-state index in [0.717, 1.165) is 6.42 Å². The van der Waals surface area contributed by atoms with Crippen molar-refractivity contribution in [2.24, 2.45) is 0 Å². The van der Waals surface area contributed by atoms with Gasteiger partial charge in [-0.1, -0.05) is 41.9 Å². The van der Waals surface area contributed by atoms with Gasteiger partial charge in [0.2, 0.25) is 5.95 Å². The van der Waals surface area contributed by atoms with Gasteiger partial charge < -0.3 is 0 Å². The molecule has 0 bridgehead atoms. The maximum atomic E-state index is 13.0. The fourth-order valence-electron chi connectivity index (χ4n) is 3.34. The first-order valence-electron chi connectivity index (χ1n) is 8.18. The molecule has 0 saturated carbocycles. The third kappa shape index (κ3) is 2.81. The van der Waals surface area contributed by atoms with Gasteiger partial charge in [-0.15, -0.1) is 0 Å². The number of aromatic nitrogens is 3. The van der Waals surface area contributed by atoms with Gasteiger partial charge in [-0.05, 0) is 43.2 Å². The first-order valence-corrected chi connectivity index (χ1v) is 8.56. The maximum absolute atomic E-state index is 13.0. The number of hydrogen-bond acceptors (Lipinski definition) is 3. The second kappa shape index (κ2) is 6.33. The van der Waals surface area contributed by atoms with Crippen LogP contribution in [-0.4, -0.2) is 26.7 Å². The highest BCUT2D eigenvalue weighted by Crippen LogP contribution is 2.35. The normalized spacial score (nSPS) is 19.5. The average Bonchev–Trinajstić information content (AvgIpc) is 3.11. The SMILES string of the molecule is C[C@@H]1C[C@H](c2ccccc2)n2ncnc2N1C(=O)c1ccc(Cl)cc1. The Hall–Kier alpha value is -2.66. The minimum atomic E-state index is -0.0927. The van der Waals surface area contributed by atoms with Crippen LogP contribution in [0.25, 0.3) is 0 Å². The average molecular weight is 353 g/mol. The lowest BCUT2D eigenvalue weighted by atomic mass is 9.97. The molecule has 0 fully saturated rings. The molecule has 2 heterocycles. The van der Waals surface area contributed by atoms with Crippen LogP contribution in [0.4, 0.5) is 5.95 Å². The molecule has 1 aliphatic heterocycles. The van der Waals surface area contributed by atoms with Gasteiger partial charge in [0.1, 0.15) is 6.33 Å². The van der Waals surface area contributed by atoms with Crippen LogP contribution in [0.2, 0.25) is 5.02 Å². The lowest BCUT2D eigenvalue weighted by molar-refractivity contribution is 0.0966. The van der Waals surface area contributed by atoms with Crippen molar-refractivity contribution >= 4 is 23.5 Å². The van der Waals surface area contributed by atoms with Gasteiger partial charge in [0.25, 0.3) is 5.91 Å². The molecule has 2 aromatic carbocycles. The summed E-state index contributed by atoms with van der Waals surface area (Å²) < 4.78 is 1.84. The zero-order chi connectivity index (χ0) is 17.4. The second-order valence-corrected chi connectivity index (χ2v) is 6.63. The van der Waals surface area contributed by atoms with E-state index in [1.807, 2.05) is 29.8 Å². The predicted octanol–water partition coefficient (Wildman–Crippen LogP) is 3.96. The van der Waals surface area contributed by atoms with E-state index in [1.54, 1.807) is 29.2 Å². The monoisotopic (exact) mass is 352 g/mol. The molecule has 1 aliphatic rings. The summed E-state index contributed by atoms with van der Waals surface area (Å²) in [4.78, 5) is 19.1. The zero-order valence-corrected chi connectivity index (χ0v) is 14.5. The van der Waals surface area contributed by atoms with Crippen molar-refractivity contribution in [3.8, 4) is 0 Å². The first kappa shape index (κ1) is 15.8. The lowest BCUT2D eigenvalue weighted by Gasteiger charge is -2.37. The minimum absolute atomic E-state index is 0.00471. The number of halogens is 1. The van der Waals surface area contributed by atoms with Crippen LogP contribution in [0.3, 0.4) is 0 Å². The van der Waals surface area contributed by atoms with Crippen molar-refractivity contribution in [1.82, 2.24) is 14.8 Å². The van der Waals surface area contributed by atoms with Crippen LogP contribution in [0.5, 0.6) is 0 Å². The Morgan fingerprint density at radius 3 is 2.56 bits per heavy atom. The molecular weight excluding hydrogens is 336 g/mol. The standard InChI is InChI=1S/C19H17ClN4O/c1-13-11-17(14-5-3-2-4-6-14)24-19(21-12-22-24)23(13)18(25)15-7-9-16(20)10-8-15/h2-10,12-13,17H,11H2,1H3/t13-,17-/m1/s1. The van der Waals surface area contributed by atoms with Crippen molar-refractivity contribution in [1.29, 1.82) is 0 Å². The van der Waals surface area contributed by atoms with E-state index < -0.39 is 0 Å². The van der Waals surface area contributed by atoms with E-state index in [1.165, 1.54) is 11.9 Å². The van der Waals surface area contributed by atoms with Gasteiger partial charge in [0, 0.05) is 16.6 Å². The van der Waals surface area contributed by atoms with Crippen molar-refractivity contribution in [3.05, 3.63) is 77.1 Å². The number of rotatable bonds is 2. The third-order valence-electron chi connectivity index (χ3n) is 4.56. The van der Waals surface area contributed by atoms with Gasteiger partial charge in [-0.25, -0.2) is 4.68 Å². The summed E-state index contributed by atoms with van der Waals surface area (Å²) in [5.41, 5.74) is 1.75. The van der Waals surface area contributed by atoms with Crippen LogP contribution < -0.4 is 4.90 Å².